The van der Waals surface area contributed by atoms with Crippen LogP contribution in [0, 0.1) is 6.92 Å². The van der Waals surface area contributed by atoms with E-state index in [9.17, 15) is 4.21 Å². The molecule has 1 fully saturated rings. The van der Waals surface area contributed by atoms with Crippen LogP contribution in [0.4, 0.5) is 0 Å². The minimum absolute atomic E-state index is 0.450. The summed E-state index contributed by atoms with van der Waals surface area (Å²) in [6.07, 6.45) is 0. The van der Waals surface area contributed by atoms with E-state index in [-0.39, 0.29) is 0 Å². The van der Waals surface area contributed by atoms with Crippen LogP contribution in [0.25, 0.3) is 0 Å². The molecule has 2 N–H and O–H groups in total. The lowest BCUT2D eigenvalue weighted by Gasteiger charge is -2.10. The molecule has 1 saturated heterocycles. The summed E-state index contributed by atoms with van der Waals surface area (Å²) < 4.78 is 24.0. The Morgan fingerprint density at radius 2 is 1.81 bits per heavy atom. The predicted molar refractivity (Wildman–Crippen MR) is 63.9 cm³/mol. The summed E-state index contributed by atoms with van der Waals surface area (Å²) in [4.78, 5) is 0.450. The monoisotopic (exact) mass is 243 g/mol. The van der Waals surface area contributed by atoms with Crippen molar-refractivity contribution < 1.29 is 13.5 Å². The molecule has 0 aromatic heterocycles. The number of hydrogen-bond acceptors (Lipinski definition) is 3. The minimum atomic E-state index is -1.84. The fraction of sp³-hybridized carbons (Fsp3) is 0.455. The number of morpholine rings is 1. The first-order valence-electron chi connectivity index (χ1n) is 5.16. The zero-order chi connectivity index (χ0) is 11.8. The number of ether oxygens (including phenoxy) is 1. The van der Waals surface area contributed by atoms with Gasteiger partial charge < -0.3 is 14.6 Å². The highest BCUT2D eigenvalue weighted by molar-refractivity contribution is 7.79. The van der Waals surface area contributed by atoms with Gasteiger partial charge in [0.1, 0.15) is 0 Å². The van der Waals surface area contributed by atoms with Crippen LogP contribution >= 0.6 is 0 Å². The molecule has 1 aromatic carbocycles. The van der Waals surface area contributed by atoms with E-state index in [0.717, 1.165) is 31.9 Å². The molecule has 1 aliphatic rings. The molecule has 1 heterocycles. The number of nitrogens with one attached hydrogen (secondary N) is 1. The van der Waals surface area contributed by atoms with Crippen LogP contribution in [-0.2, 0) is 15.8 Å². The van der Waals surface area contributed by atoms with Gasteiger partial charge in [0.05, 0.1) is 18.1 Å². The molecule has 0 bridgehead atoms. The van der Waals surface area contributed by atoms with Gasteiger partial charge in [-0.05, 0) is 19.1 Å². The molecule has 0 spiro atoms. The smallest absolute Gasteiger partial charge is 0.186 e. The van der Waals surface area contributed by atoms with E-state index in [1.165, 1.54) is 0 Å². The van der Waals surface area contributed by atoms with Gasteiger partial charge in [-0.1, -0.05) is 17.7 Å². The normalized spacial score (nSPS) is 17.1. The first kappa shape index (κ1) is 13.3. The summed E-state index contributed by atoms with van der Waals surface area (Å²) in [7, 11) is 0. The standard InChI is InChI=1S/C7H8O2S.C4H9NO/c1-6-2-4-7(5-3-6)10(8)9;1-3-6-4-2-5-1/h2-5H,1H3,(H,8,9);5H,1-4H2. The molecular formula is C11H17NO3S. The second-order valence-electron chi connectivity index (χ2n) is 3.42. The Labute approximate surface area is 98.3 Å². The third kappa shape index (κ3) is 5.37. The summed E-state index contributed by atoms with van der Waals surface area (Å²) in [5, 5.41) is 3.16. The molecule has 0 aliphatic carbocycles. The Hall–Kier alpha value is -0.750. The fourth-order valence-electron chi connectivity index (χ4n) is 1.17. The highest BCUT2D eigenvalue weighted by atomic mass is 32.2. The largest absolute Gasteiger partial charge is 0.379 e. The van der Waals surface area contributed by atoms with Gasteiger partial charge in [-0.25, -0.2) is 4.21 Å². The topological polar surface area (TPSA) is 58.6 Å². The van der Waals surface area contributed by atoms with Crippen molar-refractivity contribution in [1.29, 1.82) is 0 Å². The summed E-state index contributed by atoms with van der Waals surface area (Å²) in [5.74, 6) is 0. The Morgan fingerprint density at radius 1 is 1.25 bits per heavy atom. The van der Waals surface area contributed by atoms with Gasteiger partial charge in [0, 0.05) is 13.1 Å². The number of hydrogen-bond donors (Lipinski definition) is 2. The zero-order valence-electron chi connectivity index (χ0n) is 9.31. The van der Waals surface area contributed by atoms with Crippen molar-refractivity contribution in [3.8, 4) is 0 Å². The lowest BCUT2D eigenvalue weighted by Crippen LogP contribution is -2.30. The van der Waals surface area contributed by atoms with E-state index >= 15 is 0 Å². The highest BCUT2D eigenvalue weighted by Gasteiger charge is 1.95. The van der Waals surface area contributed by atoms with Gasteiger partial charge >= 0.3 is 0 Å². The van der Waals surface area contributed by atoms with E-state index in [1.54, 1.807) is 12.1 Å². The second-order valence-corrected chi connectivity index (χ2v) is 4.39. The highest BCUT2D eigenvalue weighted by Crippen LogP contribution is 2.05. The summed E-state index contributed by atoms with van der Waals surface area (Å²) >= 11 is -1.84. The molecule has 1 unspecified atom stereocenters. The van der Waals surface area contributed by atoms with Crippen molar-refractivity contribution in [3.63, 3.8) is 0 Å². The molecule has 90 valence electrons. The fourth-order valence-corrected chi connectivity index (χ4v) is 1.54. The maximum Gasteiger partial charge on any atom is 0.186 e. The minimum Gasteiger partial charge on any atom is -0.379 e. The van der Waals surface area contributed by atoms with Crippen molar-refractivity contribution in [3.05, 3.63) is 29.8 Å². The lowest BCUT2D eigenvalue weighted by atomic mass is 10.2. The quantitative estimate of drug-likeness (QED) is 0.727. The molecule has 2 rings (SSSR count). The summed E-state index contributed by atoms with van der Waals surface area (Å²) in [5.41, 5.74) is 1.09. The Balaban J connectivity index is 0.000000181. The number of rotatable bonds is 1. The molecule has 0 saturated carbocycles. The number of aryl methyl sites for hydroxylation is 1. The molecular weight excluding hydrogens is 226 g/mol. The molecule has 0 amide bonds. The average molecular weight is 243 g/mol. The van der Waals surface area contributed by atoms with E-state index < -0.39 is 11.1 Å². The van der Waals surface area contributed by atoms with Gasteiger partial charge in [-0.2, -0.15) is 0 Å². The molecule has 4 nitrogen and oxygen atoms in total. The molecule has 1 atom stereocenters. The summed E-state index contributed by atoms with van der Waals surface area (Å²) in [6, 6.07) is 6.91. The SMILES string of the molecule is C1COCCN1.Cc1ccc(S(=O)O)cc1. The van der Waals surface area contributed by atoms with Crippen molar-refractivity contribution in [2.75, 3.05) is 26.3 Å². The maximum atomic E-state index is 10.4. The van der Waals surface area contributed by atoms with Crippen molar-refractivity contribution in [1.82, 2.24) is 5.32 Å². The van der Waals surface area contributed by atoms with Crippen LogP contribution in [0.1, 0.15) is 5.56 Å². The molecule has 0 radical (unpaired) electrons. The zero-order valence-corrected chi connectivity index (χ0v) is 10.1. The van der Waals surface area contributed by atoms with Crippen LogP contribution in [-0.4, -0.2) is 35.1 Å². The predicted octanol–water partition coefficient (Wildman–Crippen LogP) is 1.18. The van der Waals surface area contributed by atoms with Crippen molar-refractivity contribution in [2.24, 2.45) is 0 Å². The second kappa shape index (κ2) is 7.51. The Kier molecular flexibility index (Phi) is 6.25. The van der Waals surface area contributed by atoms with Crippen LogP contribution < -0.4 is 5.32 Å². The van der Waals surface area contributed by atoms with E-state index in [2.05, 4.69) is 5.32 Å². The lowest BCUT2D eigenvalue weighted by molar-refractivity contribution is 0.109. The van der Waals surface area contributed by atoms with Crippen LogP contribution in [0.3, 0.4) is 0 Å². The third-order valence-corrected chi connectivity index (χ3v) is 2.74. The van der Waals surface area contributed by atoms with Crippen molar-refractivity contribution in [2.45, 2.75) is 11.8 Å². The van der Waals surface area contributed by atoms with Crippen LogP contribution in [0.2, 0.25) is 0 Å². The first-order chi connectivity index (χ1) is 7.70. The molecule has 1 aliphatic heterocycles. The Morgan fingerprint density at radius 3 is 2.12 bits per heavy atom. The van der Waals surface area contributed by atoms with E-state index in [0.29, 0.717) is 4.90 Å². The maximum absolute atomic E-state index is 10.4. The van der Waals surface area contributed by atoms with E-state index in [4.69, 9.17) is 9.29 Å². The van der Waals surface area contributed by atoms with Gasteiger partial charge in [0.25, 0.3) is 0 Å². The van der Waals surface area contributed by atoms with Gasteiger partial charge in [0.2, 0.25) is 0 Å². The first-order valence-corrected chi connectivity index (χ1v) is 6.27. The Bertz CT molecular complexity index is 311. The van der Waals surface area contributed by atoms with Gasteiger partial charge in [-0.15, -0.1) is 0 Å². The van der Waals surface area contributed by atoms with Crippen LogP contribution in [0.5, 0.6) is 0 Å². The van der Waals surface area contributed by atoms with Crippen LogP contribution in [0.15, 0.2) is 29.2 Å². The molecule has 5 heteroatoms. The van der Waals surface area contributed by atoms with Crippen molar-refractivity contribution >= 4 is 11.1 Å². The molecule has 1 aromatic rings. The average Bonchev–Trinajstić information content (AvgIpc) is 2.32. The number of benzene rings is 1. The van der Waals surface area contributed by atoms with E-state index in [1.807, 2.05) is 19.1 Å². The third-order valence-electron chi connectivity index (χ3n) is 2.07. The van der Waals surface area contributed by atoms with Gasteiger partial charge in [0.15, 0.2) is 11.1 Å². The van der Waals surface area contributed by atoms with Gasteiger partial charge in [-0.3, -0.25) is 0 Å². The summed E-state index contributed by atoms with van der Waals surface area (Å²) in [6.45, 7) is 5.77. The molecule has 16 heavy (non-hydrogen) atoms.